The highest BCUT2D eigenvalue weighted by Crippen LogP contribution is 2.24. The van der Waals surface area contributed by atoms with Crippen LogP contribution in [0.3, 0.4) is 0 Å². The van der Waals surface area contributed by atoms with Gasteiger partial charge in [-0.15, -0.1) is 0 Å². The number of nitrogens with two attached hydrogens (primary N) is 1. The summed E-state index contributed by atoms with van der Waals surface area (Å²) < 4.78 is 37.6. The molecule has 1 atom stereocenters. The van der Waals surface area contributed by atoms with Crippen molar-refractivity contribution in [2.75, 3.05) is 39.5 Å². The summed E-state index contributed by atoms with van der Waals surface area (Å²) in [6, 6.07) is 15.9. The molecule has 2 aromatic rings. The molecule has 1 amide bonds. The van der Waals surface area contributed by atoms with E-state index in [1.165, 1.54) is 4.31 Å². The molecular formula is C25H30N4O5S. The number of carbonyl (C=O) groups excluding carboxylic acids is 1. The zero-order chi connectivity index (χ0) is 24.9. The first kappa shape index (κ1) is 25.3. The largest absolute Gasteiger partial charge is 0.381 e. The van der Waals surface area contributed by atoms with Crippen LogP contribution in [0.1, 0.15) is 18.4 Å². The predicted molar refractivity (Wildman–Crippen MR) is 130 cm³/mol. The van der Waals surface area contributed by atoms with Gasteiger partial charge < -0.3 is 20.5 Å². The fourth-order valence-electron chi connectivity index (χ4n) is 4.22. The maximum Gasteiger partial charge on any atom is 0.243 e. The SMILES string of the molecule is N#CC(Cc1ccc(-c2ccc(S(=O)(=O)N3CCOCC3)cc2)cc1)NC(=O)C1(N)CCOCC1. The maximum absolute atomic E-state index is 12.8. The number of nitrogens with one attached hydrogen (secondary N) is 1. The lowest BCUT2D eigenvalue weighted by atomic mass is 9.90. The van der Waals surface area contributed by atoms with Crippen molar-refractivity contribution in [1.82, 2.24) is 9.62 Å². The molecule has 1 unspecified atom stereocenters. The summed E-state index contributed by atoms with van der Waals surface area (Å²) in [6.45, 7) is 2.39. The third-order valence-electron chi connectivity index (χ3n) is 6.49. The second kappa shape index (κ2) is 10.8. The van der Waals surface area contributed by atoms with Crippen molar-refractivity contribution in [1.29, 1.82) is 5.26 Å². The number of hydrogen-bond acceptors (Lipinski definition) is 7. The number of rotatable bonds is 7. The molecule has 0 aliphatic carbocycles. The molecule has 2 aromatic carbocycles. The average molecular weight is 499 g/mol. The number of sulfonamides is 1. The molecule has 186 valence electrons. The van der Waals surface area contributed by atoms with Crippen molar-refractivity contribution in [3.63, 3.8) is 0 Å². The van der Waals surface area contributed by atoms with E-state index in [2.05, 4.69) is 11.4 Å². The van der Waals surface area contributed by atoms with Crippen molar-refractivity contribution >= 4 is 15.9 Å². The van der Waals surface area contributed by atoms with Gasteiger partial charge in [-0.3, -0.25) is 4.79 Å². The molecule has 10 heteroatoms. The Kier molecular flexibility index (Phi) is 7.84. The Morgan fingerprint density at radius 3 is 2.11 bits per heavy atom. The molecule has 3 N–H and O–H groups in total. The molecule has 4 rings (SSSR count). The van der Waals surface area contributed by atoms with Crippen molar-refractivity contribution in [2.24, 2.45) is 5.73 Å². The van der Waals surface area contributed by atoms with Crippen molar-refractivity contribution in [3.8, 4) is 17.2 Å². The van der Waals surface area contributed by atoms with Gasteiger partial charge in [-0.1, -0.05) is 36.4 Å². The monoisotopic (exact) mass is 498 g/mol. The number of hydrogen-bond donors (Lipinski definition) is 2. The van der Waals surface area contributed by atoms with Gasteiger partial charge in [0.25, 0.3) is 0 Å². The summed E-state index contributed by atoms with van der Waals surface area (Å²) >= 11 is 0. The number of nitrogens with zero attached hydrogens (tertiary/aromatic N) is 2. The molecule has 0 saturated carbocycles. The first-order valence-electron chi connectivity index (χ1n) is 11.7. The molecule has 35 heavy (non-hydrogen) atoms. The number of ether oxygens (including phenoxy) is 2. The zero-order valence-corrected chi connectivity index (χ0v) is 20.3. The van der Waals surface area contributed by atoms with E-state index >= 15 is 0 Å². The number of morpholine rings is 1. The molecular weight excluding hydrogens is 468 g/mol. The molecule has 0 radical (unpaired) electrons. The minimum atomic E-state index is -3.53. The molecule has 2 fully saturated rings. The van der Waals surface area contributed by atoms with Crippen molar-refractivity contribution < 1.29 is 22.7 Å². The van der Waals surface area contributed by atoms with Crippen LogP contribution in [-0.4, -0.2) is 69.7 Å². The quantitative estimate of drug-likeness (QED) is 0.590. The first-order chi connectivity index (χ1) is 16.8. The first-order valence-corrected chi connectivity index (χ1v) is 13.1. The van der Waals surface area contributed by atoms with Crippen LogP contribution < -0.4 is 11.1 Å². The van der Waals surface area contributed by atoms with Crippen LogP contribution in [0.2, 0.25) is 0 Å². The van der Waals surface area contributed by atoms with E-state index in [1.54, 1.807) is 24.3 Å². The van der Waals surface area contributed by atoms with E-state index < -0.39 is 21.6 Å². The van der Waals surface area contributed by atoms with Gasteiger partial charge in [-0.2, -0.15) is 9.57 Å². The van der Waals surface area contributed by atoms with Gasteiger partial charge in [0.1, 0.15) is 6.04 Å². The van der Waals surface area contributed by atoms with E-state index in [9.17, 15) is 18.5 Å². The van der Waals surface area contributed by atoms with E-state index in [-0.39, 0.29) is 10.8 Å². The lowest BCUT2D eigenvalue weighted by Gasteiger charge is -2.32. The van der Waals surface area contributed by atoms with Crippen LogP contribution in [0, 0.1) is 11.3 Å². The van der Waals surface area contributed by atoms with Gasteiger partial charge in [-0.25, -0.2) is 8.42 Å². The number of amides is 1. The van der Waals surface area contributed by atoms with Gasteiger partial charge in [-0.05, 0) is 41.7 Å². The fraction of sp³-hybridized carbons (Fsp3) is 0.440. The number of nitriles is 1. The number of carbonyl (C=O) groups is 1. The molecule has 9 nitrogen and oxygen atoms in total. The van der Waals surface area contributed by atoms with Gasteiger partial charge >= 0.3 is 0 Å². The Morgan fingerprint density at radius 2 is 1.54 bits per heavy atom. The van der Waals surface area contributed by atoms with Crippen LogP contribution in [0.25, 0.3) is 11.1 Å². The summed E-state index contributed by atoms with van der Waals surface area (Å²) in [6.07, 6.45) is 1.21. The minimum Gasteiger partial charge on any atom is -0.381 e. The Morgan fingerprint density at radius 1 is 1.00 bits per heavy atom. The third-order valence-corrected chi connectivity index (χ3v) is 8.40. The molecule has 0 spiro atoms. The second-order valence-corrected chi connectivity index (χ2v) is 10.8. The highest BCUT2D eigenvalue weighted by Gasteiger charge is 2.36. The Bertz CT molecular complexity index is 1160. The topological polar surface area (TPSA) is 135 Å². The summed E-state index contributed by atoms with van der Waals surface area (Å²) in [7, 11) is -3.53. The van der Waals surface area contributed by atoms with Gasteiger partial charge in [0.15, 0.2) is 0 Å². The lowest BCUT2D eigenvalue weighted by Crippen LogP contribution is -2.58. The normalized spacial score (nSPS) is 19.4. The smallest absolute Gasteiger partial charge is 0.243 e. The van der Waals surface area contributed by atoms with Crippen LogP contribution in [0.5, 0.6) is 0 Å². The molecule has 2 aliphatic rings. The summed E-state index contributed by atoms with van der Waals surface area (Å²) in [5.74, 6) is -0.323. The maximum atomic E-state index is 12.8. The Balaban J connectivity index is 1.39. The highest BCUT2D eigenvalue weighted by molar-refractivity contribution is 7.89. The molecule has 0 bridgehead atoms. The summed E-state index contributed by atoms with van der Waals surface area (Å²) in [5.41, 5.74) is 7.91. The van der Waals surface area contributed by atoms with Gasteiger partial charge in [0.05, 0.1) is 29.7 Å². The van der Waals surface area contributed by atoms with E-state index in [4.69, 9.17) is 15.2 Å². The zero-order valence-electron chi connectivity index (χ0n) is 19.5. The Labute approximate surface area is 205 Å². The summed E-state index contributed by atoms with van der Waals surface area (Å²) in [4.78, 5) is 12.9. The van der Waals surface area contributed by atoms with Gasteiger partial charge in [0.2, 0.25) is 15.9 Å². The van der Waals surface area contributed by atoms with E-state index in [1.807, 2.05) is 24.3 Å². The van der Waals surface area contributed by atoms with Crippen molar-refractivity contribution in [3.05, 3.63) is 54.1 Å². The Hall–Kier alpha value is -2.81. The lowest BCUT2D eigenvalue weighted by molar-refractivity contribution is -0.130. The second-order valence-electron chi connectivity index (χ2n) is 8.87. The van der Waals surface area contributed by atoms with Crippen molar-refractivity contribution in [2.45, 2.75) is 35.7 Å². The third kappa shape index (κ3) is 5.89. The van der Waals surface area contributed by atoms with Crippen LogP contribution in [-0.2, 0) is 30.7 Å². The predicted octanol–water partition coefficient (Wildman–Crippen LogP) is 1.43. The average Bonchev–Trinajstić information content (AvgIpc) is 2.89. The molecule has 2 aliphatic heterocycles. The van der Waals surface area contributed by atoms with Crippen LogP contribution >= 0.6 is 0 Å². The minimum absolute atomic E-state index is 0.259. The molecule has 0 aromatic heterocycles. The highest BCUT2D eigenvalue weighted by atomic mass is 32.2. The molecule has 2 saturated heterocycles. The van der Waals surface area contributed by atoms with E-state index in [0.29, 0.717) is 58.8 Å². The fourth-order valence-corrected chi connectivity index (χ4v) is 5.63. The summed E-state index contributed by atoms with van der Waals surface area (Å²) in [5, 5.41) is 12.3. The standard InChI is InChI=1S/C25H30N4O5S/c26-18-22(28-24(30)25(27)9-13-33-14-10-25)17-19-1-3-20(4-2-19)21-5-7-23(8-6-21)35(31,32)29-11-15-34-16-12-29/h1-8,22H,9-17,27H2,(H,28,30). The van der Waals surface area contributed by atoms with Crippen LogP contribution in [0.15, 0.2) is 53.4 Å². The van der Waals surface area contributed by atoms with Gasteiger partial charge in [0, 0.05) is 32.7 Å². The van der Waals surface area contributed by atoms with Crippen LogP contribution in [0.4, 0.5) is 0 Å². The molecule has 2 heterocycles. The number of benzene rings is 2. The van der Waals surface area contributed by atoms with E-state index in [0.717, 1.165) is 16.7 Å².